The number of carbonyl (C=O) groups is 1. The van der Waals surface area contributed by atoms with Crippen LogP contribution in [-0.4, -0.2) is 23.7 Å². The Hall–Kier alpha value is -1.06. The van der Waals surface area contributed by atoms with E-state index >= 15 is 0 Å². The van der Waals surface area contributed by atoms with Crippen molar-refractivity contribution in [1.29, 1.82) is 0 Å². The summed E-state index contributed by atoms with van der Waals surface area (Å²) in [5.41, 5.74) is 0.570. The normalized spacial score (nSPS) is 16.6. The Morgan fingerprint density at radius 3 is 2.88 bits per heavy atom. The second-order valence-electron chi connectivity index (χ2n) is 4.44. The van der Waals surface area contributed by atoms with Gasteiger partial charge in [-0.25, -0.2) is 0 Å². The van der Waals surface area contributed by atoms with E-state index in [1.165, 1.54) is 0 Å². The van der Waals surface area contributed by atoms with Crippen molar-refractivity contribution in [2.45, 2.75) is 25.3 Å². The van der Waals surface area contributed by atoms with Crippen molar-refractivity contribution in [3.8, 4) is 0 Å². The number of halogens is 1. The molecule has 1 aliphatic rings. The predicted molar refractivity (Wildman–Crippen MR) is 67.1 cm³/mol. The zero-order valence-electron chi connectivity index (χ0n) is 9.53. The highest BCUT2D eigenvalue weighted by Crippen LogP contribution is 2.34. The molecule has 0 aliphatic heterocycles. The molecular weight excluding hydrogens is 238 g/mol. The van der Waals surface area contributed by atoms with Crippen LogP contribution in [0.15, 0.2) is 24.3 Å². The van der Waals surface area contributed by atoms with E-state index in [2.05, 4.69) is 5.32 Å². The number of aliphatic hydroxyl groups excluding tert-OH is 1. The third-order valence-electron chi connectivity index (χ3n) is 3.03. The first kappa shape index (κ1) is 12.4. The van der Waals surface area contributed by atoms with Gasteiger partial charge in [0.15, 0.2) is 0 Å². The average molecular weight is 254 g/mol. The van der Waals surface area contributed by atoms with Gasteiger partial charge in [0, 0.05) is 23.2 Å². The minimum Gasteiger partial charge on any atom is -0.396 e. The number of benzene rings is 1. The number of hydrogen-bond acceptors (Lipinski definition) is 2. The molecule has 1 atom stereocenters. The molecule has 0 radical (unpaired) electrons. The molecule has 0 heterocycles. The smallest absolute Gasteiger partial charge is 0.251 e. The van der Waals surface area contributed by atoms with E-state index in [9.17, 15) is 4.79 Å². The Kier molecular flexibility index (Phi) is 4.02. The van der Waals surface area contributed by atoms with Gasteiger partial charge in [-0.05, 0) is 43.4 Å². The van der Waals surface area contributed by atoms with Crippen molar-refractivity contribution in [3.63, 3.8) is 0 Å². The zero-order valence-corrected chi connectivity index (χ0v) is 10.3. The summed E-state index contributed by atoms with van der Waals surface area (Å²) in [5.74, 6) is 0.420. The Morgan fingerprint density at radius 2 is 2.29 bits per heavy atom. The molecule has 3 nitrogen and oxygen atoms in total. The van der Waals surface area contributed by atoms with E-state index in [-0.39, 0.29) is 18.6 Å². The molecule has 2 rings (SSSR count). The van der Waals surface area contributed by atoms with Crippen LogP contribution in [0, 0.1) is 5.92 Å². The van der Waals surface area contributed by atoms with E-state index in [4.69, 9.17) is 16.7 Å². The molecule has 4 heteroatoms. The Balaban J connectivity index is 1.99. The maximum absolute atomic E-state index is 12.0. The van der Waals surface area contributed by atoms with Gasteiger partial charge >= 0.3 is 0 Å². The summed E-state index contributed by atoms with van der Waals surface area (Å²) in [6.07, 6.45) is 2.90. The summed E-state index contributed by atoms with van der Waals surface area (Å²) >= 11 is 5.84. The second kappa shape index (κ2) is 5.52. The third kappa shape index (κ3) is 3.45. The van der Waals surface area contributed by atoms with E-state index in [1.807, 2.05) is 0 Å². The van der Waals surface area contributed by atoms with Crippen LogP contribution < -0.4 is 5.32 Å². The van der Waals surface area contributed by atoms with Crippen LogP contribution in [0.5, 0.6) is 0 Å². The molecule has 1 fully saturated rings. The van der Waals surface area contributed by atoms with E-state index in [0.717, 1.165) is 12.8 Å². The first-order chi connectivity index (χ1) is 8.20. The summed E-state index contributed by atoms with van der Waals surface area (Å²) in [5, 5.41) is 12.5. The molecule has 1 aromatic rings. The van der Waals surface area contributed by atoms with Gasteiger partial charge in [0.05, 0.1) is 0 Å². The number of hydrogen-bond donors (Lipinski definition) is 2. The largest absolute Gasteiger partial charge is 0.396 e. The molecule has 92 valence electrons. The Bertz CT molecular complexity index is 404. The lowest BCUT2D eigenvalue weighted by Crippen LogP contribution is -2.37. The van der Waals surface area contributed by atoms with Crippen LogP contribution >= 0.6 is 11.6 Å². The lowest BCUT2D eigenvalue weighted by atomic mass is 10.1. The molecule has 1 saturated carbocycles. The molecule has 0 spiro atoms. The van der Waals surface area contributed by atoms with Crippen LogP contribution in [0.25, 0.3) is 0 Å². The minimum absolute atomic E-state index is 0.0893. The van der Waals surface area contributed by atoms with Gasteiger partial charge in [0.25, 0.3) is 5.91 Å². The highest BCUT2D eigenvalue weighted by Gasteiger charge is 2.31. The molecule has 0 bridgehead atoms. The highest BCUT2D eigenvalue weighted by atomic mass is 35.5. The van der Waals surface area contributed by atoms with Crippen LogP contribution in [0.3, 0.4) is 0 Å². The molecule has 0 aromatic heterocycles. The van der Waals surface area contributed by atoms with Crippen molar-refractivity contribution < 1.29 is 9.90 Å². The highest BCUT2D eigenvalue weighted by molar-refractivity contribution is 6.30. The first-order valence-electron chi connectivity index (χ1n) is 5.88. The number of amides is 1. The van der Waals surface area contributed by atoms with Crippen LogP contribution in [0.2, 0.25) is 5.02 Å². The van der Waals surface area contributed by atoms with Crippen molar-refractivity contribution >= 4 is 17.5 Å². The number of carbonyl (C=O) groups excluding carboxylic acids is 1. The fraction of sp³-hybridized carbons (Fsp3) is 0.462. The predicted octanol–water partition coefficient (Wildman–Crippen LogP) is 2.23. The van der Waals surface area contributed by atoms with Gasteiger partial charge in [-0.2, -0.15) is 0 Å². The van der Waals surface area contributed by atoms with E-state index < -0.39 is 0 Å². The van der Waals surface area contributed by atoms with Gasteiger partial charge in [-0.3, -0.25) is 4.79 Å². The Morgan fingerprint density at radius 1 is 1.53 bits per heavy atom. The second-order valence-corrected chi connectivity index (χ2v) is 4.88. The lowest BCUT2D eigenvalue weighted by Gasteiger charge is -2.17. The summed E-state index contributed by atoms with van der Waals surface area (Å²) in [6.45, 7) is 0.108. The van der Waals surface area contributed by atoms with Gasteiger partial charge in [0.1, 0.15) is 0 Å². The lowest BCUT2D eigenvalue weighted by molar-refractivity contribution is 0.0924. The van der Waals surface area contributed by atoms with Crippen molar-refractivity contribution in [1.82, 2.24) is 5.32 Å². The SMILES string of the molecule is O=C(NC(CCO)C1CC1)c1cccc(Cl)c1. The topological polar surface area (TPSA) is 49.3 Å². The van der Waals surface area contributed by atoms with Gasteiger partial charge in [-0.15, -0.1) is 0 Å². The van der Waals surface area contributed by atoms with Crippen LogP contribution in [0.1, 0.15) is 29.6 Å². The van der Waals surface area contributed by atoms with Gasteiger partial charge in [0.2, 0.25) is 0 Å². The molecular formula is C13H16ClNO2. The fourth-order valence-corrected chi connectivity index (χ4v) is 2.14. The van der Waals surface area contributed by atoms with Crippen molar-refractivity contribution in [2.75, 3.05) is 6.61 Å². The quantitative estimate of drug-likeness (QED) is 0.846. The summed E-state index contributed by atoms with van der Waals surface area (Å²) in [6, 6.07) is 6.98. The first-order valence-corrected chi connectivity index (χ1v) is 6.26. The van der Waals surface area contributed by atoms with Crippen molar-refractivity contribution in [3.05, 3.63) is 34.9 Å². The molecule has 17 heavy (non-hydrogen) atoms. The van der Waals surface area contributed by atoms with Gasteiger partial charge < -0.3 is 10.4 Å². The summed E-state index contributed by atoms with van der Waals surface area (Å²) < 4.78 is 0. The summed E-state index contributed by atoms with van der Waals surface area (Å²) in [4.78, 5) is 12.0. The summed E-state index contributed by atoms with van der Waals surface area (Å²) in [7, 11) is 0. The third-order valence-corrected chi connectivity index (χ3v) is 3.27. The van der Waals surface area contributed by atoms with Crippen LogP contribution in [-0.2, 0) is 0 Å². The maximum atomic E-state index is 12.0. The van der Waals surface area contributed by atoms with Crippen LogP contribution in [0.4, 0.5) is 0 Å². The number of rotatable bonds is 5. The molecule has 1 aliphatic carbocycles. The average Bonchev–Trinajstić information content (AvgIpc) is 3.12. The maximum Gasteiger partial charge on any atom is 0.251 e. The van der Waals surface area contributed by atoms with Gasteiger partial charge in [-0.1, -0.05) is 17.7 Å². The van der Waals surface area contributed by atoms with E-state index in [1.54, 1.807) is 24.3 Å². The monoisotopic (exact) mass is 253 g/mol. The molecule has 2 N–H and O–H groups in total. The number of aliphatic hydroxyl groups is 1. The van der Waals surface area contributed by atoms with Crippen molar-refractivity contribution in [2.24, 2.45) is 5.92 Å². The number of nitrogens with one attached hydrogen (secondary N) is 1. The molecule has 1 amide bonds. The standard InChI is InChI=1S/C13H16ClNO2/c14-11-3-1-2-10(8-11)13(17)15-12(6-7-16)9-4-5-9/h1-3,8-9,12,16H,4-7H2,(H,15,17). The molecule has 1 unspecified atom stereocenters. The Labute approximate surface area is 106 Å². The zero-order chi connectivity index (χ0) is 12.3. The van der Waals surface area contributed by atoms with E-state index in [0.29, 0.717) is 22.9 Å². The minimum atomic E-state index is -0.113. The fourth-order valence-electron chi connectivity index (χ4n) is 1.94. The molecule has 0 saturated heterocycles. The molecule has 1 aromatic carbocycles.